The summed E-state index contributed by atoms with van der Waals surface area (Å²) in [6.45, 7) is 2.57. The summed E-state index contributed by atoms with van der Waals surface area (Å²) < 4.78 is 4.81. The summed E-state index contributed by atoms with van der Waals surface area (Å²) in [5.41, 5.74) is 0.903. The molecule has 1 saturated carbocycles. The van der Waals surface area contributed by atoms with Crippen LogP contribution in [0.15, 0.2) is 24.3 Å². The quantitative estimate of drug-likeness (QED) is 0.726. The second-order valence-corrected chi connectivity index (χ2v) is 6.98. The van der Waals surface area contributed by atoms with Gasteiger partial charge in [0.05, 0.1) is 13.0 Å². The highest BCUT2D eigenvalue weighted by atomic mass is 35.5. The van der Waals surface area contributed by atoms with Crippen molar-refractivity contribution >= 4 is 23.5 Å². The molecule has 0 heterocycles. The highest BCUT2D eigenvalue weighted by Gasteiger charge is 2.29. The summed E-state index contributed by atoms with van der Waals surface area (Å²) in [6.07, 6.45) is 5.27. The molecule has 0 N–H and O–H groups in total. The van der Waals surface area contributed by atoms with Crippen molar-refractivity contribution in [1.29, 1.82) is 0 Å². The minimum atomic E-state index is -0.356. The number of nitrogens with zero attached hydrogens (tertiary/aromatic N) is 1. The van der Waals surface area contributed by atoms with E-state index in [1.54, 1.807) is 11.8 Å². The van der Waals surface area contributed by atoms with Crippen LogP contribution in [-0.2, 0) is 20.9 Å². The topological polar surface area (TPSA) is 46.6 Å². The molecule has 0 bridgehead atoms. The highest BCUT2D eigenvalue weighted by molar-refractivity contribution is 6.31. The van der Waals surface area contributed by atoms with Gasteiger partial charge in [0, 0.05) is 24.0 Å². The highest BCUT2D eigenvalue weighted by Crippen LogP contribution is 2.27. The average molecular weight is 352 g/mol. The first-order chi connectivity index (χ1) is 11.5. The van der Waals surface area contributed by atoms with Crippen molar-refractivity contribution in [3.63, 3.8) is 0 Å². The predicted octanol–water partition coefficient (Wildman–Crippen LogP) is 4.06. The van der Waals surface area contributed by atoms with E-state index in [0.717, 1.165) is 31.2 Å². The number of ether oxygens (including phenoxy) is 1. The molecule has 0 aliphatic heterocycles. The lowest BCUT2D eigenvalue weighted by Gasteiger charge is -2.31. The first kappa shape index (κ1) is 18.8. The Morgan fingerprint density at radius 2 is 1.92 bits per heavy atom. The Bertz CT molecular complexity index is 569. The van der Waals surface area contributed by atoms with E-state index in [-0.39, 0.29) is 23.7 Å². The molecule has 1 fully saturated rings. The fraction of sp³-hybridized carbons (Fsp3) is 0.579. The van der Waals surface area contributed by atoms with Gasteiger partial charge in [-0.15, -0.1) is 0 Å². The molecule has 1 unspecified atom stereocenters. The Labute approximate surface area is 149 Å². The van der Waals surface area contributed by atoms with Gasteiger partial charge in [-0.2, -0.15) is 0 Å². The number of rotatable bonds is 6. The fourth-order valence-corrected chi connectivity index (χ4v) is 3.47. The molecule has 0 saturated heterocycles. The number of esters is 1. The number of methoxy groups -OCH3 is 1. The van der Waals surface area contributed by atoms with Crippen molar-refractivity contribution in [1.82, 2.24) is 4.90 Å². The van der Waals surface area contributed by atoms with Gasteiger partial charge in [0.15, 0.2) is 0 Å². The molecule has 1 aromatic rings. The molecule has 1 aliphatic carbocycles. The number of carbonyl (C=O) groups is 2. The third-order valence-electron chi connectivity index (χ3n) is 4.68. The van der Waals surface area contributed by atoms with Crippen molar-refractivity contribution in [2.45, 2.75) is 45.6 Å². The molecular formula is C19H26ClNO3. The van der Waals surface area contributed by atoms with Crippen LogP contribution in [0.25, 0.3) is 0 Å². The number of hydrogen-bond acceptors (Lipinski definition) is 3. The van der Waals surface area contributed by atoms with Gasteiger partial charge in [-0.3, -0.25) is 9.59 Å². The number of carbonyl (C=O) groups excluding carboxylic acids is 2. The third kappa shape index (κ3) is 4.97. The van der Waals surface area contributed by atoms with Gasteiger partial charge in [0.25, 0.3) is 0 Å². The van der Waals surface area contributed by atoms with Gasteiger partial charge < -0.3 is 9.64 Å². The second-order valence-electron chi connectivity index (χ2n) is 6.57. The van der Waals surface area contributed by atoms with Gasteiger partial charge in [-0.25, -0.2) is 0 Å². The van der Waals surface area contributed by atoms with E-state index in [4.69, 9.17) is 16.3 Å². The monoisotopic (exact) mass is 351 g/mol. The summed E-state index contributed by atoms with van der Waals surface area (Å²) >= 11 is 6.26. The zero-order chi connectivity index (χ0) is 17.5. The largest absolute Gasteiger partial charge is 0.469 e. The SMILES string of the molecule is COC(=O)C(C)CN(Cc1ccccc1Cl)C(=O)C1CCCCC1. The average Bonchev–Trinajstić information content (AvgIpc) is 2.62. The van der Waals surface area contributed by atoms with E-state index in [1.165, 1.54) is 13.5 Å². The van der Waals surface area contributed by atoms with Crippen molar-refractivity contribution < 1.29 is 14.3 Å². The molecule has 132 valence electrons. The van der Waals surface area contributed by atoms with Gasteiger partial charge in [0.1, 0.15) is 0 Å². The maximum Gasteiger partial charge on any atom is 0.310 e. The van der Waals surface area contributed by atoms with Gasteiger partial charge in [-0.05, 0) is 24.5 Å². The third-order valence-corrected chi connectivity index (χ3v) is 5.05. The van der Waals surface area contributed by atoms with E-state index >= 15 is 0 Å². The lowest BCUT2D eigenvalue weighted by molar-refractivity contribution is -0.147. The maximum atomic E-state index is 13.0. The van der Waals surface area contributed by atoms with Crippen molar-refractivity contribution in [3.8, 4) is 0 Å². The summed E-state index contributed by atoms with van der Waals surface area (Å²) in [7, 11) is 1.38. The Morgan fingerprint density at radius 1 is 1.25 bits per heavy atom. The minimum absolute atomic E-state index is 0.0612. The maximum absolute atomic E-state index is 13.0. The van der Waals surface area contributed by atoms with Gasteiger partial charge >= 0.3 is 5.97 Å². The number of hydrogen-bond donors (Lipinski definition) is 0. The van der Waals surface area contributed by atoms with Crippen LogP contribution < -0.4 is 0 Å². The molecule has 0 aromatic heterocycles. The van der Waals surface area contributed by atoms with Crippen LogP contribution in [0.2, 0.25) is 5.02 Å². The molecule has 0 radical (unpaired) electrons. The molecule has 1 aliphatic rings. The van der Waals surface area contributed by atoms with Crippen LogP contribution in [0.5, 0.6) is 0 Å². The summed E-state index contributed by atoms with van der Waals surface area (Å²) in [6, 6.07) is 7.53. The lowest BCUT2D eigenvalue weighted by Crippen LogP contribution is -2.40. The second kappa shape index (κ2) is 9.07. The molecule has 24 heavy (non-hydrogen) atoms. The van der Waals surface area contributed by atoms with E-state index < -0.39 is 0 Å². The smallest absolute Gasteiger partial charge is 0.310 e. The fourth-order valence-electron chi connectivity index (χ4n) is 3.28. The first-order valence-corrected chi connectivity index (χ1v) is 9.00. The normalized spacial score (nSPS) is 16.5. The zero-order valence-electron chi connectivity index (χ0n) is 14.5. The summed E-state index contributed by atoms with van der Waals surface area (Å²) in [4.78, 5) is 26.5. The molecule has 5 heteroatoms. The van der Waals surface area contributed by atoms with Crippen molar-refractivity contribution in [2.75, 3.05) is 13.7 Å². The summed E-state index contributed by atoms with van der Waals surface area (Å²) in [5.74, 6) is -0.461. The van der Waals surface area contributed by atoms with E-state index in [0.29, 0.717) is 18.1 Å². The van der Waals surface area contributed by atoms with Crippen molar-refractivity contribution in [2.24, 2.45) is 11.8 Å². The predicted molar refractivity (Wildman–Crippen MR) is 94.6 cm³/mol. The first-order valence-electron chi connectivity index (χ1n) is 8.63. The molecule has 0 spiro atoms. The Hall–Kier alpha value is -1.55. The van der Waals surface area contributed by atoms with Crippen LogP contribution >= 0.6 is 11.6 Å². The van der Waals surface area contributed by atoms with Crippen LogP contribution in [0.1, 0.15) is 44.6 Å². The number of benzene rings is 1. The van der Waals surface area contributed by atoms with Crippen LogP contribution in [0.4, 0.5) is 0 Å². The summed E-state index contributed by atoms with van der Waals surface area (Å²) in [5, 5.41) is 0.643. The zero-order valence-corrected chi connectivity index (χ0v) is 15.2. The van der Waals surface area contributed by atoms with Gasteiger partial charge in [-0.1, -0.05) is 56.0 Å². The number of halogens is 1. The molecule has 1 amide bonds. The van der Waals surface area contributed by atoms with Crippen molar-refractivity contribution in [3.05, 3.63) is 34.9 Å². The molecule has 1 atom stereocenters. The standard InChI is InChI=1S/C19H26ClNO3/c1-14(19(23)24-2)12-21(13-16-10-6-7-11-17(16)20)18(22)15-8-4-3-5-9-15/h6-7,10-11,14-15H,3-5,8-9,12-13H2,1-2H3. The Balaban J connectivity index is 2.15. The van der Waals surface area contributed by atoms with E-state index in [2.05, 4.69) is 0 Å². The van der Waals surface area contributed by atoms with E-state index in [1.807, 2.05) is 24.3 Å². The Kier molecular flexibility index (Phi) is 7.10. The lowest BCUT2D eigenvalue weighted by atomic mass is 9.88. The minimum Gasteiger partial charge on any atom is -0.469 e. The van der Waals surface area contributed by atoms with Crippen LogP contribution in [0.3, 0.4) is 0 Å². The molecular weight excluding hydrogens is 326 g/mol. The Morgan fingerprint density at radius 3 is 2.54 bits per heavy atom. The van der Waals surface area contributed by atoms with Crippen LogP contribution in [-0.4, -0.2) is 30.4 Å². The van der Waals surface area contributed by atoms with E-state index in [9.17, 15) is 9.59 Å². The molecule has 2 rings (SSSR count). The van der Waals surface area contributed by atoms with Crippen LogP contribution in [0, 0.1) is 11.8 Å². The number of amides is 1. The van der Waals surface area contributed by atoms with Gasteiger partial charge in [0.2, 0.25) is 5.91 Å². The molecule has 4 nitrogen and oxygen atoms in total. The molecule has 1 aromatic carbocycles.